The summed E-state index contributed by atoms with van der Waals surface area (Å²) < 4.78 is 6.44. The highest BCUT2D eigenvalue weighted by Gasteiger charge is 2.07. The second-order valence-corrected chi connectivity index (χ2v) is 6.18. The number of benzene rings is 2. The van der Waals surface area contributed by atoms with Gasteiger partial charge in [-0.1, -0.05) is 39.8 Å². The Morgan fingerprint density at radius 2 is 2.10 bits per heavy atom. The Morgan fingerprint density at radius 3 is 2.90 bits per heavy atom. The molecule has 0 amide bonds. The van der Waals surface area contributed by atoms with Crippen LogP contribution in [-0.4, -0.2) is 17.1 Å². The molecule has 0 atom stereocenters. The van der Waals surface area contributed by atoms with E-state index in [4.69, 9.17) is 4.74 Å². The molecule has 0 saturated heterocycles. The smallest absolute Gasteiger partial charge is 0.166 e. The summed E-state index contributed by atoms with van der Waals surface area (Å²) in [7, 11) is 1.69. The van der Waals surface area contributed by atoms with Gasteiger partial charge >= 0.3 is 0 Å². The molecule has 1 aromatic heterocycles. The van der Waals surface area contributed by atoms with Gasteiger partial charge in [-0.3, -0.25) is 0 Å². The third-order valence-electron chi connectivity index (χ3n) is 2.97. The molecule has 20 heavy (non-hydrogen) atoms. The summed E-state index contributed by atoms with van der Waals surface area (Å²) in [6, 6.07) is 14.1. The zero-order valence-corrected chi connectivity index (χ0v) is 13.3. The molecule has 2 aromatic carbocycles. The van der Waals surface area contributed by atoms with Crippen molar-refractivity contribution in [1.29, 1.82) is 0 Å². The minimum atomic E-state index is 0.808. The summed E-state index contributed by atoms with van der Waals surface area (Å²) in [5.41, 5.74) is 3.21. The van der Waals surface area contributed by atoms with Gasteiger partial charge in [0.25, 0.3) is 0 Å². The predicted octanol–water partition coefficient (Wildman–Crippen LogP) is 4.63. The summed E-state index contributed by atoms with van der Waals surface area (Å²) in [6.45, 7) is 0. The number of thioether (sulfide) groups is 1. The quantitative estimate of drug-likeness (QED) is 0.698. The lowest BCUT2D eigenvalue weighted by atomic mass is 10.2. The topological polar surface area (TPSA) is 37.9 Å². The Labute approximate surface area is 129 Å². The van der Waals surface area contributed by atoms with Gasteiger partial charge in [0, 0.05) is 15.8 Å². The van der Waals surface area contributed by atoms with E-state index in [0.29, 0.717) is 0 Å². The molecule has 0 fully saturated rings. The van der Waals surface area contributed by atoms with Crippen molar-refractivity contribution in [2.24, 2.45) is 0 Å². The standard InChI is InChI=1S/C15H13BrN2OS/c1-19-14-7-6-11(16)8-10(14)9-20-15-17-12-4-2-3-5-13(12)18-15/h2-8H,9H2,1H3,(H,17,18). The second-order valence-electron chi connectivity index (χ2n) is 4.30. The van der Waals surface area contributed by atoms with Gasteiger partial charge in [-0.15, -0.1) is 0 Å². The van der Waals surface area contributed by atoms with E-state index >= 15 is 0 Å². The molecule has 0 aliphatic carbocycles. The van der Waals surface area contributed by atoms with Crippen LogP contribution >= 0.6 is 27.7 Å². The van der Waals surface area contributed by atoms with Crippen molar-refractivity contribution in [2.75, 3.05) is 7.11 Å². The molecular weight excluding hydrogens is 336 g/mol. The van der Waals surface area contributed by atoms with Crippen LogP contribution in [-0.2, 0) is 5.75 Å². The summed E-state index contributed by atoms with van der Waals surface area (Å²) in [5, 5.41) is 0.924. The summed E-state index contributed by atoms with van der Waals surface area (Å²) in [4.78, 5) is 7.88. The molecule has 1 N–H and O–H groups in total. The lowest BCUT2D eigenvalue weighted by Gasteiger charge is -2.07. The van der Waals surface area contributed by atoms with E-state index in [9.17, 15) is 0 Å². The number of hydrogen-bond donors (Lipinski definition) is 1. The number of H-pyrrole nitrogens is 1. The van der Waals surface area contributed by atoms with Crippen LogP contribution in [0.5, 0.6) is 5.75 Å². The molecule has 3 nitrogen and oxygen atoms in total. The maximum atomic E-state index is 5.38. The first kappa shape index (κ1) is 13.5. The summed E-state index contributed by atoms with van der Waals surface area (Å²) in [5.74, 6) is 1.71. The highest BCUT2D eigenvalue weighted by Crippen LogP contribution is 2.29. The van der Waals surface area contributed by atoms with Crippen LogP contribution in [0.1, 0.15) is 5.56 Å². The zero-order chi connectivity index (χ0) is 13.9. The number of aromatic nitrogens is 2. The minimum absolute atomic E-state index is 0.808. The average molecular weight is 349 g/mol. The monoisotopic (exact) mass is 348 g/mol. The average Bonchev–Trinajstić information content (AvgIpc) is 2.88. The van der Waals surface area contributed by atoms with E-state index in [-0.39, 0.29) is 0 Å². The van der Waals surface area contributed by atoms with Crippen LogP contribution in [0, 0.1) is 0 Å². The number of aromatic amines is 1. The van der Waals surface area contributed by atoms with Crippen LogP contribution in [0.4, 0.5) is 0 Å². The number of methoxy groups -OCH3 is 1. The van der Waals surface area contributed by atoms with Gasteiger partial charge in [-0.25, -0.2) is 4.98 Å². The highest BCUT2D eigenvalue weighted by atomic mass is 79.9. The molecular formula is C15H13BrN2OS. The first-order chi connectivity index (χ1) is 9.76. The summed E-state index contributed by atoms with van der Waals surface area (Å²) in [6.07, 6.45) is 0. The van der Waals surface area contributed by atoms with Crippen LogP contribution in [0.2, 0.25) is 0 Å². The molecule has 0 radical (unpaired) electrons. The fraction of sp³-hybridized carbons (Fsp3) is 0.133. The number of nitrogens with zero attached hydrogens (tertiary/aromatic N) is 1. The van der Waals surface area contributed by atoms with Crippen LogP contribution in [0.3, 0.4) is 0 Å². The van der Waals surface area contributed by atoms with E-state index in [1.165, 1.54) is 0 Å². The fourth-order valence-electron chi connectivity index (χ4n) is 2.00. The molecule has 0 bridgehead atoms. The second kappa shape index (κ2) is 5.89. The van der Waals surface area contributed by atoms with Crippen molar-refractivity contribution in [3.05, 3.63) is 52.5 Å². The van der Waals surface area contributed by atoms with Gasteiger partial charge in [-0.05, 0) is 30.3 Å². The Bertz CT molecular complexity index is 709. The normalized spacial score (nSPS) is 10.9. The molecule has 3 rings (SSSR count). The third-order valence-corrected chi connectivity index (χ3v) is 4.39. The van der Waals surface area contributed by atoms with Gasteiger partial charge in [0.2, 0.25) is 0 Å². The summed E-state index contributed by atoms with van der Waals surface area (Å²) >= 11 is 5.16. The Hall–Kier alpha value is -1.46. The van der Waals surface area contributed by atoms with E-state index in [1.54, 1.807) is 18.9 Å². The number of para-hydroxylation sites is 2. The molecule has 102 valence electrons. The third kappa shape index (κ3) is 2.83. The van der Waals surface area contributed by atoms with Gasteiger partial charge in [0.15, 0.2) is 5.16 Å². The maximum absolute atomic E-state index is 5.38. The lowest BCUT2D eigenvalue weighted by Crippen LogP contribution is -1.90. The van der Waals surface area contributed by atoms with E-state index in [1.807, 2.05) is 36.4 Å². The maximum Gasteiger partial charge on any atom is 0.166 e. The highest BCUT2D eigenvalue weighted by molar-refractivity contribution is 9.10. The molecule has 3 aromatic rings. The number of rotatable bonds is 4. The van der Waals surface area contributed by atoms with Crippen molar-refractivity contribution in [1.82, 2.24) is 9.97 Å². The first-order valence-electron chi connectivity index (χ1n) is 6.16. The largest absolute Gasteiger partial charge is 0.496 e. The first-order valence-corrected chi connectivity index (χ1v) is 7.94. The van der Waals surface area contributed by atoms with E-state index < -0.39 is 0 Å². The Kier molecular flexibility index (Phi) is 3.98. The Morgan fingerprint density at radius 1 is 1.25 bits per heavy atom. The predicted molar refractivity (Wildman–Crippen MR) is 86.3 cm³/mol. The van der Waals surface area contributed by atoms with Crippen molar-refractivity contribution < 1.29 is 4.74 Å². The lowest BCUT2D eigenvalue weighted by molar-refractivity contribution is 0.411. The van der Waals surface area contributed by atoms with Gasteiger partial charge in [0.05, 0.1) is 18.1 Å². The number of nitrogens with one attached hydrogen (secondary N) is 1. The van der Waals surface area contributed by atoms with Crippen molar-refractivity contribution in [3.8, 4) is 5.75 Å². The number of ether oxygens (including phenoxy) is 1. The minimum Gasteiger partial charge on any atom is -0.496 e. The van der Waals surface area contributed by atoms with E-state index in [0.717, 1.165) is 37.7 Å². The fourth-order valence-corrected chi connectivity index (χ4v) is 3.28. The molecule has 0 aliphatic heterocycles. The van der Waals surface area contributed by atoms with Crippen LogP contribution in [0.15, 0.2) is 52.1 Å². The Balaban J connectivity index is 1.80. The number of halogens is 1. The SMILES string of the molecule is COc1ccc(Br)cc1CSc1nc2ccccc2[nH]1. The van der Waals surface area contributed by atoms with Gasteiger partial charge in [-0.2, -0.15) is 0 Å². The molecule has 0 aliphatic rings. The van der Waals surface area contributed by atoms with E-state index in [2.05, 4.69) is 32.0 Å². The molecule has 5 heteroatoms. The van der Waals surface area contributed by atoms with Crippen LogP contribution < -0.4 is 4.74 Å². The van der Waals surface area contributed by atoms with Crippen LogP contribution in [0.25, 0.3) is 11.0 Å². The van der Waals surface area contributed by atoms with Gasteiger partial charge in [0.1, 0.15) is 5.75 Å². The van der Waals surface area contributed by atoms with Gasteiger partial charge < -0.3 is 9.72 Å². The zero-order valence-electron chi connectivity index (χ0n) is 10.9. The number of hydrogen-bond acceptors (Lipinski definition) is 3. The van der Waals surface area contributed by atoms with Crippen molar-refractivity contribution >= 4 is 38.7 Å². The molecule has 0 unspecified atom stereocenters. The molecule has 0 saturated carbocycles. The number of imidazole rings is 1. The number of fused-ring (bicyclic) bond motifs is 1. The molecule has 0 spiro atoms. The van der Waals surface area contributed by atoms with Crippen molar-refractivity contribution in [3.63, 3.8) is 0 Å². The molecule has 1 heterocycles. The van der Waals surface area contributed by atoms with Crippen molar-refractivity contribution in [2.45, 2.75) is 10.9 Å².